The minimum Gasteiger partial charge on any atom is -0.406 e. The van der Waals surface area contributed by atoms with Gasteiger partial charge in [0.2, 0.25) is 5.91 Å². The summed E-state index contributed by atoms with van der Waals surface area (Å²) in [5.41, 5.74) is 0.491. The van der Waals surface area contributed by atoms with Crippen molar-refractivity contribution in [1.29, 1.82) is 0 Å². The van der Waals surface area contributed by atoms with Crippen LogP contribution in [0, 0.1) is 17.8 Å². The molecule has 2 unspecified atom stereocenters. The van der Waals surface area contributed by atoms with Crippen molar-refractivity contribution in [3.63, 3.8) is 0 Å². The Hall–Kier alpha value is -1.72. The molecule has 0 saturated heterocycles. The van der Waals surface area contributed by atoms with Gasteiger partial charge in [-0.2, -0.15) is 0 Å². The van der Waals surface area contributed by atoms with Crippen LogP contribution < -0.4 is 10.1 Å². The number of fused-ring (bicyclic) bond motifs is 1. The Labute approximate surface area is 114 Å². The lowest BCUT2D eigenvalue weighted by atomic mass is 10.0. The third-order valence-electron chi connectivity index (χ3n) is 3.97. The molecule has 2 fully saturated rings. The Balaban J connectivity index is 1.56. The molecular formula is C14H14F3NO2. The predicted octanol–water partition coefficient (Wildman–Crippen LogP) is 3.57. The third-order valence-corrected chi connectivity index (χ3v) is 3.97. The molecule has 2 atom stereocenters. The molecule has 0 heterocycles. The molecule has 1 N–H and O–H groups in total. The van der Waals surface area contributed by atoms with E-state index in [1.165, 1.54) is 30.7 Å². The van der Waals surface area contributed by atoms with E-state index in [-0.39, 0.29) is 17.6 Å². The molecule has 1 aromatic carbocycles. The van der Waals surface area contributed by atoms with E-state index < -0.39 is 6.36 Å². The van der Waals surface area contributed by atoms with Crippen molar-refractivity contribution < 1.29 is 22.7 Å². The molecule has 1 aromatic rings. The van der Waals surface area contributed by atoms with E-state index in [0.717, 1.165) is 12.8 Å². The maximum atomic E-state index is 12.0. The van der Waals surface area contributed by atoms with Crippen molar-refractivity contribution >= 4 is 11.6 Å². The summed E-state index contributed by atoms with van der Waals surface area (Å²) >= 11 is 0. The predicted molar refractivity (Wildman–Crippen MR) is 66.1 cm³/mol. The Morgan fingerprint density at radius 2 is 1.70 bits per heavy atom. The van der Waals surface area contributed by atoms with Crippen LogP contribution in [-0.4, -0.2) is 12.3 Å². The first-order valence-corrected chi connectivity index (χ1v) is 6.57. The second kappa shape index (κ2) is 4.68. The molecule has 0 bridgehead atoms. The average Bonchev–Trinajstić information content (AvgIpc) is 2.97. The normalized spacial score (nSPS) is 27.9. The van der Waals surface area contributed by atoms with Gasteiger partial charge in [0.05, 0.1) is 0 Å². The van der Waals surface area contributed by atoms with Crippen LogP contribution in [0.4, 0.5) is 18.9 Å². The molecule has 20 heavy (non-hydrogen) atoms. The van der Waals surface area contributed by atoms with Crippen molar-refractivity contribution in [3.05, 3.63) is 24.3 Å². The molecule has 2 aliphatic carbocycles. The Kier molecular flexibility index (Phi) is 3.11. The summed E-state index contributed by atoms with van der Waals surface area (Å²) in [6, 6.07) is 5.20. The second-order valence-electron chi connectivity index (χ2n) is 5.49. The van der Waals surface area contributed by atoms with E-state index in [0.29, 0.717) is 17.5 Å². The summed E-state index contributed by atoms with van der Waals surface area (Å²) in [7, 11) is 0. The fourth-order valence-corrected chi connectivity index (χ4v) is 2.91. The van der Waals surface area contributed by atoms with E-state index in [4.69, 9.17) is 0 Å². The van der Waals surface area contributed by atoms with Crippen molar-refractivity contribution in [2.24, 2.45) is 17.8 Å². The lowest BCUT2D eigenvalue weighted by Crippen LogP contribution is -2.21. The van der Waals surface area contributed by atoms with Gasteiger partial charge in [0, 0.05) is 11.6 Å². The van der Waals surface area contributed by atoms with E-state index in [1.807, 2.05) is 0 Å². The molecule has 0 aliphatic heterocycles. The largest absolute Gasteiger partial charge is 0.573 e. The molecule has 3 nitrogen and oxygen atoms in total. The molecule has 0 radical (unpaired) electrons. The summed E-state index contributed by atoms with van der Waals surface area (Å²) in [6.07, 6.45) is -1.58. The molecule has 2 saturated carbocycles. The number of alkyl halides is 3. The zero-order chi connectivity index (χ0) is 14.3. The highest BCUT2D eigenvalue weighted by Crippen LogP contribution is 2.54. The maximum Gasteiger partial charge on any atom is 0.573 e. The number of carbonyl (C=O) groups is 1. The SMILES string of the molecule is O=C(Nc1ccc(OC(F)(F)F)cc1)C1CC2CC2C1. The Bertz CT molecular complexity index is 502. The first kappa shape index (κ1) is 13.3. The van der Waals surface area contributed by atoms with Crippen LogP contribution in [0.2, 0.25) is 0 Å². The highest BCUT2D eigenvalue weighted by Gasteiger charge is 2.47. The fourth-order valence-electron chi connectivity index (χ4n) is 2.91. The van der Waals surface area contributed by atoms with Gasteiger partial charge < -0.3 is 10.1 Å². The lowest BCUT2D eigenvalue weighted by Gasteiger charge is -2.13. The van der Waals surface area contributed by atoms with Crippen LogP contribution in [0.25, 0.3) is 0 Å². The van der Waals surface area contributed by atoms with Gasteiger partial charge in [-0.25, -0.2) is 0 Å². The van der Waals surface area contributed by atoms with Gasteiger partial charge in [-0.3, -0.25) is 4.79 Å². The summed E-state index contributed by atoms with van der Waals surface area (Å²) in [5, 5.41) is 2.74. The molecule has 0 spiro atoms. The smallest absolute Gasteiger partial charge is 0.406 e. The number of halogens is 3. The number of anilines is 1. The molecule has 0 aromatic heterocycles. The van der Waals surface area contributed by atoms with Crippen molar-refractivity contribution in [2.75, 3.05) is 5.32 Å². The van der Waals surface area contributed by atoms with Crippen LogP contribution in [0.15, 0.2) is 24.3 Å². The third kappa shape index (κ3) is 3.05. The Morgan fingerprint density at radius 3 is 2.25 bits per heavy atom. The quantitative estimate of drug-likeness (QED) is 0.922. The number of amides is 1. The number of nitrogens with one attached hydrogen (secondary N) is 1. The molecule has 2 aliphatic rings. The lowest BCUT2D eigenvalue weighted by molar-refractivity contribution is -0.274. The highest BCUT2D eigenvalue weighted by atomic mass is 19.4. The minimum atomic E-state index is -4.70. The fraction of sp³-hybridized carbons (Fsp3) is 0.500. The van der Waals surface area contributed by atoms with Crippen molar-refractivity contribution in [3.8, 4) is 5.75 Å². The first-order valence-electron chi connectivity index (χ1n) is 6.57. The monoisotopic (exact) mass is 285 g/mol. The average molecular weight is 285 g/mol. The van der Waals surface area contributed by atoms with E-state index in [2.05, 4.69) is 10.1 Å². The van der Waals surface area contributed by atoms with Crippen molar-refractivity contribution in [2.45, 2.75) is 25.6 Å². The van der Waals surface area contributed by atoms with Gasteiger partial charge in [-0.05, 0) is 55.4 Å². The molecule has 108 valence electrons. The van der Waals surface area contributed by atoms with Gasteiger partial charge in [0.1, 0.15) is 5.75 Å². The molecule has 6 heteroatoms. The number of ether oxygens (including phenoxy) is 1. The standard InChI is InChI=1S/C14H14F3NO2/c15-14(16,17)20-12-3-1-11(2-4-12)18-13(19)10-6-8-5-9(8)7-10/h1-4,8-10H,5-7H2,(H,18,19). The van der Waals surface area contributed by atoms with Crippen LogP contribution in [0.5, 0.6) is 5.75 Å². The zero-order valence-corrected chi connectivity index (χ0v) is 10.6. The van der Waals surface area contributed by atoms with Gasteiger partial charge in [-0.15, -0.1) is 13.2 Å². The number of carbonyl (C=O) groups excluding carboxylic acids is 1. The number of rotatable bonds is 3. The van der Waals surface area contributed by atoms with Gasteiger partial charge in [-0.1, -0.05) is 0 Å². The number of benzene rings is 1. The van der Waals surface area contributed by atoms with Crippen LogP contribution >= 0.6 is 0 Å². The summed E-state index contributed by atoms with van der Waals surface area (Å²) < 4.78 is 39.8. The highest BCUT2D eigenvalue weighted by molar-refractivity contribution is 5.92. The molecule has 1 amide bonds. The summed E-state index contributed by atoms with van der Waals surface area (Å²) in [4.78, 5) is 12.0. The minimum absolute atomic E-state index is 0.0401. The van der Waals surface area contributed by atoms with Gasteiger partial charge in [0.15, 0.2) is 0 Å². The topological polar surface area (TPSA) is 38.3 Å². The summed E-state index contributed by atoms with van der Waals surface area (Å²) in [5.74, 6) is 1.14. The van der Waals surface area contributed by atoms with Crippen molar-refractivity contribution in [1.82, 2.24) is 0 Å². The summed E-state index contributed by atoms with van der Waals surface area (Å²) in [6.45, 7) is 0. The van der Waals surface area contributed by atoms with Gasteiger partial charge >= 0.3 is 6.36 Å². The number of hydrogen-bond donors (Lipinski definition) is 1. The van der Waals surface area contributed by atoms with E-state index >= 15 is 0 Å². The van der Waals surface area contributed by atoms with Crippen LogP contribution in [-0.2, 0) is 4.79 Å². The van der Waals surface area contributed by atoms with Crippen LogP contribution in [0.3, 0.4) is 0 Å². The van der Waals surface area contributed by atoms with Crippen LogP contribution in [0.1, 0.15) is 19.3 Å². The second-order valence-corrected chi connectivity index (χ2v) is 5.49. The molecule has 3 rings (SSSR count). The zero-order valence-electron chi connectivity index (χ0n) is 10.6. The van der Waals surface area contributed by atoms with E-state index in [9.17, 15) is 18.0 Å². The molecular weight excluding hydrogens is 271 g/mol. The van der Waals surface area contributed by atoms with E-state index in [1.54, 1.807) is 0 Å². The first-order chi connectivity index (χ1) is 9.40. The van der Waals surface area contributed by atoms with Gasteiger partial charge in [0.25, 0.3) is 0 Å². The maximum absolute atomic E-state index is 12.0. The Morgan fingerprint density at radius 1 is 1.10 bits per heavy atom. The number of hydrogen-bond acceptors (Lipinski definition) is 2.